The van der Waals surface area contributed by atoms with Gasteiger partial charge in [0.1, 0.15) is 0 Å². The third-order valence-corrected chi connectivity index (χ3v) is 4.01. The molecule has 1 aromatic carbocycles. The van der Waals surface area contributed by atoms with Crippen LogP contribution in [0.3, 0.4) is 0 Å². The van der Waals surface area contributed by atoms with Gasteiger partial charge < -0.3 is 15.4 Å². The van der Waals surface area contributed by atoms with E-state index in [1.165, 1.54) is 6.08 Å². The summed E-state index contributed by atoms with van der Waals surface area (Å²) in [5.41, 5.74) is 0.515. The van der Waals surface area contributed by atoms with E-state index in [0.29, 0.717) is 12.3 Å². The van der Waals surface area contributed by atoms with Crippen LogP contribution < -0.4 is 10.6 Å². The molecule has 0 fully saturated rings. The summed E-state index contributed by atoms with van der Waals surface area (Å²) in [5.74, 6) is -0.875. The van der Waals surface area contributed by atoms with Gasteiger partial charge in [-0.1, -0.05) is 18.7 Å². The van der Waals surface area contributed by atoms with E-state index in [9.17, 15) is 14.4 Å². The molecule has 136 valence electrons. The summed E-state index contributed by atoms with van der Waals surface area (Å²) in [6.45, 7) is 10.7. The van der Waals surface area contributed by atoms with Gasteiger partial charge in [-0.2, -0.15) is 0 Å². The van der Waals surface area contributed by atoms with E-state index >= 15 is 0 Å². The number of carbonyl (C=O) groups is 3. The lowest BCUT2D eigenvalue weighted by molar-refractivity contribution is -0.155. The van der Waals surface area contributed by atoms with Crippen LogP contribution in [0.2, 0.25) is 0 Å². The molecule has 6 nitrogen and oxygen atoms in total. The minimum Gasteiger partial charge on any atom is -0.466 e. The number of benzene rings is 1. The normalized spacial score (nSPS) is 12.0. The highest BCUT2D eigenvalue weighted by molar-refractivity contribution is 5.99. The van der Waals surface area contributed by atoms with Gasteiger partial charge >= 0.3 is 5.97 Å². The van der Waals surface area contributed by atoms with Gasteiger partial charge in [0, 0.05) is 11.7 Å². The summed E-state index contributed by atoms with van der Waals surface area (Å²) in [7, 11) is 0. The largest absolute Gasteiger partial charge is 0.466 e. The van der Waals surface area contributed by atoms with Gasteiger partial charge in [-0.3, -0.25) is 14.4 Å². The van der Waals surface area contributed by atoms with Crippen LogP contribution in [0.15, 0.2) is 36.9 Å². The highest BCUT2D eigenvalue weighted by atomic mass is 16.5. The molecule has 0 aliphatic carbocycles. The van der Waals surface area contributed by atoms with Crippen molar-refractivity contribution < 1.29 is 19.1 Å². The summed E-state index contributed by atoms with van der Waals surface area (Å²) in [6.07, 6.45) is 1.32. The quantitative estimate of drug-likeness (QED) is 0.559. The molecule has 0 bridgehead atoms. The van der Waals surface area contributed by atoms with Crippen LogP contribution >= 0.6 is 0 Å². The highest BCUT2D eigenvalue weighted by Crippen LogP contribution is 2.22. The van der Waals surface area contributed by atoms with E-state index in [2.05, 4.69) is 17.2 Å². The number of hydrogen-bond donors (Lipinski definition) is 2. The monoisotopic (exact) mass is 346 g/mol. The Morgan fingerprint density at radius 2 is 2.00 bits per heavy atom. The zero-order valence-electron chi connectivity index (χ0n) is 15.2. The molecule has 0 saturated heterocycles. The third kappa shape index (κ3) is 6.06. The van der Waals surface area contributed by atoms with Gasteiger partial charge in [0.15, 0.2) is 0 Å². The van der Waals surface area contributed by atoms with Crippen LogP contribution in [0.1, 0.15) is 33.3 Å². The number of rotatable bonds is 8. The van der Waals surface area contributed by atoms with Crippen LogP contribution in [0.25, 0.3) is 0 Å². The van der Waals surface area contributed by atoms with Gasteiger partial charge in [0.2, 0.25) is 11.8 Å². The van der Waals surface area contributed by atoms with E-state index in [4.69, 9.17) is 4.74 Å². The number of ether oxygens (including phenoxy) is 1. The maximum Gasteiger partial charge on any atom is 0.313 e. The van der Waals surface area contributed by atoms with Gasteiger partial charge in [-0.15, -0.1) is 0 Å². The fourth-order valence-electron chi connectivity index (χ4n) is 2.10. The first-order valence-corrected chi connectivity index (χ1v) is 8.19. The summed E-state index contributed by atoms with van der Waals surface area (Å²) >= 11 is 0. The molecule has 25 heavy (non-hydrogen) atoms. The van der Waals surface area contributed by atoms with Crippen molar-refractivity contribution in [3.05, 3.63) is 42.5 Å². The van der Waals surface area contributed by atoms with Gasteiger partial charge in [0.25, 0.3) is 0 Å². The Hall–Kier alpha value is -2.63. The molecular formula is C19H26N2O4. The van der Waals surface area contributed by atoms with Gasteiger partial charge in [0.05, 0.1) is 18.4 Å². The van der Waals surface area contributed by atoms with Crippen molar-refractivity contribution in [3.63, 3.8) is 0 Å². The lowest BCUT2D eigenvalue weighted by atomic mass is 9.85. The molecule has 0 aliphatic rings. The number of hydrogen-bond acceptors (Lipinski definition) is 4. The molecule has 2 N–H and O–H groups in total. The maximum absolute atomic E-state index is 12.3. The zero-order chi connectivity index (χ0) is 19.0. The molecule has 1 rings (SSSR count). The average molecular weight is 346 g/mol. The van der Waals surface area contributed by atoms with Crippen LogP contribution in [0.4, 0.5) is 5.69 Å². The van der Waals surface area contributed by atoms with Crippen LogP contribution in [-0.4, -0.2) is 30.4 Å². The topological polar surface area (TPSA) is 84.5 Å². The van der Waals surface area contributed by atoms with Crippen molar-refractivity contribution in [2.45, 2.75) is 40.2 Å². The smallest absolute Gasteiger partial charge is 0.313 e. The molecular weight excluding hydrogens is 320 g/mol. The molecule has 6 heteroatoms. The maximum atomic E-state index is 12.3. The Morgan fingerprint density at radius 3 is 2.60 bits per heavy atom. The molecule has 0 aliphatic heterocycles. The Morgan fingerprint density at radius 1 is 1.32 bits per heavy atom. The third-order valence-electron chi connectivity index (χ3n) is 4.01. The zero-order valence-corrected chi connectivity index (χ0v) is 15.2. The second-order valence-electron chi connectivity index (χ2n) is 6.30. The highest BCUT2D eigenvalue weighted by Gasteiger charge is 2.36. The van der Waals surface area contributed by atoms with Crippen molar-refractivity contribution in [3.8, 4) is 0 Å². The minimum atomic E-state index is -0.828. The second-order valence-corrected chi connectivity index (χ2v) is 6.30. The van der Waals surface area contributed by atoms with Crippen molar-refractivity contribution in [1.82, 2.24) is 5.32 Å². The lowest BCUT2D eigenvalue weighted by Crippen LogP contribution is -2.48. The van der Waals surface area contributed by atoms with Crippen molar-refractivity contribution in [1.29, 1.82) is 0 Å². The Labute approximate surface area is 148 Å². The summed E-state index contributed by atoms with van der Waals surface area (Å²) in [6, 6.07) is 6.62. The van der Waals surface area contributed by atoms with E-state index in [1.54, 1.807) is 52.0 Å². The van der Waals surface area contributed by atoms with E-state index in [-0.39, 0.29) is 30.2 Å². The van der Waals surface area contributed by atoms with Crippen molar-refractivity contribution in [2.75, 3.05) is 11.9 Å². The molecule has 1 aromatic rings. The first kappa shape index (κ1) is 20.4. The Kier molecular flexibility index (Phi) is 7.36. The number of esters is 1. The van der Waals surface area contributed by atoms with Crippen molar-refractivity contribution >= 4 is 23.5 Å². The number of anilines is 1. The standard InChI is InChI=1S/C19H26N2O4/c1-6-16(22)21-15-10-8-9-14(11-15)12-17(23)20-13(3)19(4,5)18(24)25-7-2/h6,8-11,13H,1,7,12H2,2-5H3,(H,20,23)(H,21,22). The van der Waals surface area contributed by atoms with Crippen LogP contribution in [-0.2, 0) is 25.5 Å². The van der Waals surface area contributed by atoms with Gasteiger partial charge in [-0.05, 0) is 51.5 Å². The molecule has 0 radical (unpaired) electrons. The average Bonchev–Trinajstić information content (AvgIpc) is 2.54. The number of nitrogens with one attached hydrogen (secondary N) is 2. The Balaban J connectivity index is 2.70. The molecule has 0 heterocycles. The second kappa shape index (κ2) is 9.01. The fraction of sp³-hybridized carbons (Fsp3) is 0.421. The summed E-state index contributed by atoms with van der Waals surface area (Å²) < 4.78 is 5.05. The SMILES string of the molecule is C=CC(=O)Nc1cccc(CC(=O)NC(C)C(C)(C)C(=O)OCC)c1. The molecule has 1 unspecified atom stereocenters. The number of carbonyl (C=O) groups excluding carboxylic acids is 3. The van der Waals surface area contributed by atoms with E-state index in [0.717, 1.165) is 5.56 Å². The molecule has 1 atom stereocenters. The van der Waals surface area contributed by atoms with E-state index < -0.39 is 5.41 Å². The molecule has 0 spiro atoms. The molecule has 0 aromatic heterocycles. The van der Waals surface area contributed by atoms with Crippen LogP contribution in [0, 0.1) is 5.41 Å². The molecule has 2 amide bonds. The Bertz CT molecular complexity index is 653. The predicted octanol–water partition coefficient (Wildman–Crippen LogP) is 2.45. The van der Waals surface area contributed by atoms with Gasteiger partial charge in [-0.25, -0.2) is 0 Å². The minimum absolute atomic E-state index is 0.140. The first-order chi connectivity index (χ1) is 11.7. The number of amides is 2. The lowest BCUT2D eigenvalue weighted by Gasteiger charge is -2.30. The fourth-order valence-corrected chi connectivity index (χ4v) is 2.10. The first-order valence-electron chi connectivity index (χ1n) is 8.19. The van der Waals surface area contributed by atoms with E-state index in [1.807, 2.05) is 0 Å². The van der Waals surface area contributed by atoms with Crippen LogP contribution in [0.5, 0.6) is 0 Å². The van der Waals surface area contributed by atoms with Crippen molar-refractivity contribution in [2.24, 2.45) is 5.41 Å². The predicted molar refractivity (Wildman–Crippen MR) is 97.0 cm³/mol. The summed E-state index contributed by atoms with van der Waals surface area (Å²) in [5, 5.41) is 5.49. The summed E-state index contributed by atoms with van der Waals surface area (Å²) in [4.78, 5) is 35.6. The molecule has 0 saturated carbocycles.